The van der Waals surface area contributed by atoms with Crippen LogP contribution in [-0.2, 0) is 6.61 Å². The van der Waals surface area contributed by atoms with Crippen molar-refractivity contribution in [3.05, 3.63) is 65.7 Å². The standard InChI is InChI=1S/C16H11NO/c17-11-5-9-14-8-4-10-16(12-14)18-13-15-6-2-1-3-7-15/h1-4,6-8,10,12H,13H2. The first-order chi connectivity index (χ1) is 8.88. The summed E-state index contributed by atoms with van der Waals surface area (Å²) >= 11 is 0. The molecule has 86 valence electrons. The maximum Gasteiger partial charge on any atom is 0.152 e. The Hall–Kier alpha value is -2.71. The van der Waals surface area contributed by atoms with Crippen molar-refractivity contribution >= 4 is 0 Å². The number of ether oxygens (including phenoxy) is 1. The third-order valence-electron chi connectivity index (χ3n) is 2.35. The van der Waals surface area contributed by atoms with Crippen LogP contribution in [0.1, 0.15) is 11.1 Å². The number of benzene rings is 2. The first-order valence-corrected chi connectivity index (χ1v) is 5.55. The van der Waals surface area contributed by atoms with Crippen molar-refractivity contribution in [1.82, 2.24) is 0 Å². The zero-order valence-electron chi connectivity index (χ0n) is 9.76. The lowest BCUT2D eigenvalue weighted by Crippen LogP contribution is -1.94. The Morgan fingerprint density at radius 2 is 1.83 bits per heavy atom. The molecular formula is C16H11NO. The topological polar surface area (TPSA) is 33.0 Å². The fourth-order valence-electron chi connectivity index (χ4n) is 1.50. The molecule has 2 rings (SSSR count). The average molecular weight is 233 g/mol. The normalized spacial score (nSPS) is 8.83. The number of nitrogens with zero attached hydrogens (tertiary/aromatic N) is 1. The highest BCUT2D eigenvalue weighted by molar-refractivity contribution is 5.42. The summed E-state index contributed by atoms with van der Waals surface area (Å²) in [6.07, 6.45) is 0. The fraction of sp³-hybridized carbons (Fsp3) is 0.0625. The van der Waals surface area contributed by atoms with Crippen LogP contribution in [0.2, 0.25) is 0 Å². The minimum absolute atomic E-state index is 0.524. The van der Waals surface area contributed by atoms with E-state index in [1.54, 1.807) is 6.07 Å². The van der Waals surface area contributed by atoms with Crippen LogP contribution in [0.25, 0.3) is 0 Å². The van der Waals surface area contributed by atoms with Crippen LogP contribution in [-0.4, -0.2) is 0 Å². The lowest BCUT2D eigenvalue weighted by Gasteiger charge is -2.06. The average Bonchev–Trinajstić information content (AvgIpc) is 2.44. The molecule has 2 aromatic rings. The third-order valence-corrected chi connectivity index (χ3v) is 2.35. The summed E-state index contributed by atoms with van der Waals surface area (Å²) in [4.78, 5) is 0. The van der Waals surface area contributed by atoms with Crippen molar-refractivity contribution in [1.29, 1.82) is 5.26 Å². The fourth-order valence-corrected chi connectivity index (χ4v) is 1.50. The minimum atomic E-state index is 0.524. The molecule has 0 heterocycles. The summed E-state index contributed by atoms with van der Waals surface area (Å²) in [6.45, 7) is 0.524. The molecule has 0 spiro atoms. The van der Waals surface area contributed by atoms with E-state index >= 15 is 0 Å². The van der Waals surface area contributed by atoms with Gasteiger partial charge in [0.1, 0.15) is 12.4 Å². The molecule has 0 atom stereocenters. The lowest BCUT2D eigenvalue weighted by atomic mass is 10.2. The van der Waals surface area contributed by atoms with Crippen LogP contribution in [0.3, 0.4) is 0 Å². The Labute approximate surface area is 106 Å². The minimum Gasteiger partial charge on any atom is -0.489 e. The van der Waals surface area contributed by atoms with Crippen LogP contribution in [0.4, 0.5) is 0 Å². The second-order valence-electron chi connectivity index (χ2n) is 3.66. The highest BCUT2D eigenvalue weighted by Gasteiger charge is 1.96. The van der Waals surface area contributed by atoms with Crippen molar-refractivity contribution in [2.24, 2.45) is 0 Å². The molecule has 0 aliphatic heterocycles. The molecule has 2 nitrogen and oxygen atoms in total. The Morgan fingerprint density at radius 1 is 1.00 bits per heavy atom. The molecule has 0 amide bonds. The zero-order chi connectivity index (χ0) is 12.6. The highest BCUT2D eigenvalue weighted by atomic mass is 16.5. The third kappa shape index (κ3) is 3.40. The van der Waals surface area contributed by atoms with Gasteiger partial charge in [-0.2, -0.15) is 5.26 Å². The van der Waals surface area contributed by atoms with E-state index in [2.05, 4.69) is 11.8 Å². The molecule has 0 aromatic heterocycles. The largest absolute Gasteiger partial charge is 0.489 e. The van der Waals surface area contributed by atoms with Gasteiger partial charge in [0, 0.05) is 11.5 Å². The van der Waals surface area contributed by atoms with E-state index in [0.29, 0.717) is 6.61 Å². The van der Waals surface area contributed by atoms with Crippen molar-refractivity contribution in [3.8, 4) is 23.7 Å². The van der Waals surface area contributed by atoms with Gasteiger partial charge in [-0.25, -0.2) is 0 Å². The SMILES string of the molecule is N#CC#Cc1cccc(OCc2ccccc2)c1. The first kappa shape index (κ1) is 11.8. The van der Waals surface area contributed by atoms with Gasteiger partial charge >= 0.3 is 0 Å². The first-order valence-electron chi connectivity index (χ1n) is 5.55. The number of hydrogen-bond donors (Lipinski definition) is 0. The second kappa shape index (κ2) is 6.13. The van der Waals surface area contributed by atoms with E-state index < -0.39 is 0 Å². The molecule has 18 heavy (non-hydrogen) atoms. The number of rotatable bonds is 3. The Bertz CT molecular complexity index is 615. The van der Waals surface area contributed by atoms with Gasteiger partial charge in [0.05, 0.1) is 0 Å². The van der Waals surface area contributed by atoms with Gasteiger partial charge < -0.3 is 4.74 Å². The zero-order valence-corrected chi connectivity index (χ0v) is 9.76. The van der Waals surface area contributed by atoms with Gasteiger partial charge in [0.2, 0.25) is 0 Å². The van der Waals surface area contributed by atoms with E-state index in [9.17, 15) is 0 Å². The van der Waals surface area contributed by atoms with E-state index in [-0.39, 0.29) is 0 Å². The molecule has 0 aliphatic carbocycles. The summed E-state index contributed by atoms with van der Waals surface area (Å²) < 4.78 is 5.66. The highest BCUT2D eigenvalue weighted by Crippen LogP contribution is 2.14. The van der Waals surface area contributed by atoms with Gasteiger partial charge in [0.15, 0.2) is 6.07 Å². The Kier molecular flexibility index (Phi) is 4.01. The Morgan fingerprint density at radius 3 is 2.61 bits per heavy atom. The maximum absolute atomic E-state index is 8.39. The van der Waals surface area contributed by atoms with E-state index in [1.807, 2.05) is 54.6 Å². The van der Waals surface area contributed by atoms with Crippen LogP contribution in [0, 0.1) is 23.2 Å². The molecule has 0 N–H and O–H groups in total. The van der Waals surface area contributed by atoms with Gasteiger partial charge in [-0.3, -0.25) is 0 Å². The van der Waals surface area contributed by atoms with Crippen LogP contribution >= 0.6 is 0 Å². The van der Waals surface area contributed by atoms with Gasteiger partial charge in [-0.1, -0.05) is 42.3 Å². The molecule has 0 saturated carbocycles. The predicted octanol–water partition coefficient (Wildman–Crippen LogP) is 3.14. The predicted molar refractivity (Wildman–Crippen MR) is 69.7 cm³/mol. The lowest BCUT2D eigenvalue weighted by molar-refractivity contribution is 0.306. The van der Waals surface area contributed by atoms with Gasteiger partial charge in [-0.05, 0) is 23.8 Å². The van der Waals surface area contributed by atoms with E-state index in [0.717, 1.165) is 16.9 Å². The smallest absolute Gasteiger partial charge is 0.152 e. The van der Waals surface area contributed by atoms with E-state index in [1.165, 1.54) is 0 Å². The van der Waals surface area contributed by atoms with E-state index in [4.69, 9.17) is 10.00 Å². The van der Waals surface area contributed by atoms with Crippen LogP contribution < -0.4 is 4.74 Å². The summed E-state index contributed by atoms with van der Waals surface area (Å²) in [5, 5.41) is 8.39. The molecule has 0 fully saturated rings. The molecule has 2 aromatic carbocycles. The maximum atomic E-state index is 8.39. The van der Waals surface area contributed by atoms with Crippen molar-refractivity contribution in [3.63, 3.8) is 0 Å². The van der Waals surface area contributed by atoms with Gasteiger partial charge in [-0.15, -0.1) is 0 Å². The molecule has 0 saturated heterocycles. The second-order valence-corrected chi connectivity index (χ2v) is 3.66. The quantitative estimate of drug-likeness (QED) is 0.763. The summed E-state index contributed by atoms with van der Waals surface area (Å²) in [5.74, 6) is 5.86. The summed E-state index contributed by atoms with van der Waals surface area (Å²) in [5.41, 5.74) is 1.90. The van der Waals surface area contributed by atoms with Crippen molar-refractivity contribution < 1.29 is 4.74 Å². The molecular weight excluding hydrogens is 222 g/mol. The molecule has 0 aliphatic rings. The number of nitriles is 1. The monoisotopic (exact) mass is 233 g/mol. The molecule has 0 unspecified atom stereocenters. The van der Waals surface area contributed by atoms with Crippen LogP contribution in [0.5, 0.6) is 5.75 Å². The van der Waals surface area contributed by atoms with Crippen molar-refractivity contribution in [2.75, 3.05) is 0 Å². The van der Waals surface area contributed by atoms with Gasteiger partial charge in [0.25, 0.3) is 0 Å². The van der Waals surface area contributed by atoms with Crippen LogP contribution in [0.15, 0.2) is 54.6 Å². The summed E-state index contributed by atoms with van der Waals surface area (Å²) in [7, 11) is 0. The molecule has 2 heteroatoms. The molecule has 0 radical (unpaired) electrons. The van der Waals surface area contributed by atoms with Crippen molar-refractivity contribution in [2.45, 2.75) is 6.61 Å². The summed E-state index contributed by atoms with van der Waals surface area (Å²) in [6, 6.07) is 19.2. The number of hydrogen-bond acceptors (Lipinski definition) is 2. The molecule has 0 bridgehead atoms. The Balaban J connectivity index is 2.04.